The first-order chi connectivity index (χ1) is 13.8. The Labute approximate surface area is 162 Å². The highest BCUT2D eigenvalue weighted by molar-refractivity contribution is 5.89. The summed E-state index contributed by atoms with van der Waals surface area (Å²) in [5.74, 6) is 0.753. The van der Waals surface area contributed by atoms with E-state index in [0.717, 1.165) is 40.2 Å². The van der Waals surface area contributed by atoms with Crippen LogP contribution in [0.2, 0.25) is 0 Å². The Morgan fingerprint density at radius 3 is 2.71 bits per heavy atom. The minimum atomic E-state index is -0.212. The maximum absolute atomic E-state index is 12.0. The van der Waals surface area contributed by atoms with Crippen LogP contribution in [0.3, 0.4) is 0 Å². The third-order valence-electron chi connectivity index (χ3n) is 4.27. The van der Waals surface area contributed by atoms with Crippen molar-refractivity contribution in [1.29, 1.82) is 0 Å². The lowest BCUT2D eigenvalue weighted by Crippen LogP contribution is -2.30. The topological polar surface area (TPSA) is 94.7 Å². The number of rotatable bonds is 6. The summed E-state index contributed by atoms with van der Waals surface area (Å²) in [6.45, 7) is 0.539. The normalized spacial score (nSPS) is 10.6. The molecule has 0 saturated carbocycles. The predicted octanol–water partition coefficient (Wildman–Crippen LogP) is 4.07. The molecule has 0 aliphatic heterocycles. The number of fused-ring (bicyclic) bond motifs is 1. The van der Waals surface area contributed by atoms with Crippen molar-refractivity contribution in [2.24, 2.45) is 0 Å². The molecule has 0 bridgehead atoms. The maximum atomic E-state index is 12.0. The van der Waals surface area contributed by atoms with Crippen LogP contribution in [0.1, 0.15) is 5.56 Å². The number of benzene rings is 2. The average molecular weight is 372 g/mol. The molecular formula is C21H20N6O. The predicted molar refractivity (Wildman–Crippen MR) is 111 cm³/mol. The Hall–Kier alpha value is -3.87. The Kier molecular flexibility index (Phi) is 5.15. The molecule has 2 heterocycles. The van der Waals surface area contributed by atoms with Gasteiger partial charge in [-0.2, -0.15) is 0 Å². The maximum Gasteiger partial charge on any atom is 0.319 e. The third kappa shape index (κ3) is 4.27. The van der Waals surface area contributed by atoms with Crippen molar-refractivity contribution < 1.29 is 4.79 Å². The zero-order chi connectivity index (χ0) is 19.2. The van der Waals surface area contributed by atoms with E-state index in [-0.39, 0.29) is 6.03 Å². The van der Waals surface area contributed by atoms with E-state index < -0.39 is 0 Å². The van der Waals surface area contributed by atoms with Crippen LogP contribution in [0, 0.1) is 0 Å². The minimum Gasteiger partial charge on any atom is -0.346 e. The molecule has 2 amide bonds. The highest BCUT2D eigenvalue weighted by Crippen LogP contribution is 2.22. The summed E-state index contributed by atoms with van der Waals surface area (Å²) in [7, 11) is 0. The lowest BCUT2D eigenvalue weighted by Gasteiger charge is -2.10. The number of anilines is 3. The molecule has 7 nitrogen and oxygen atoms in total. The number of amides is 2. The van der Waals surface area contributed by atoms with E-state index in [2.05, 4.69) is 37.0 Å². The van der Waals surface area contributed by atoms with Gasteiger partial charge in [-0.15, -0.1) is 0 Å². The van der Waals surface area contributed by atoms with Gasteiger partial charge in [0.2, 0.25) is 0 Å². The summed E-state index contributed by atoms with van der Waals surface area (Å²) < 4.78 is 0. The number of urea groups is 1. The first-order valence-corrected chi connectivity index (χ1v) is 9.02. The van der Waals surface area contributed by atoms with Crippen LogP contribution in [-0.2, 0) is 6.42 Å². The number of nitrogens with zero attached hydrogens (tertiary/aromatic N) is 2. The van der Waals surface area contributed by atoms with E-state index in [9.17, 15) is 4.79 Å². The highest BCUT2D eigenvalue weighted by Gasteiger charge is 2.06. The molecule has 4 N–H and O–H groups in total. The van der Waals surface area contributed by atoms with Crippen molar-refractivity contribution in [3.8, 4) is 0 Å². The van der Waals surface area contributed by atoms with Crippen molar-refractivity contribution in [1.82, 2.24) is 20.3 Å². The molecule has 28 heavy (non-hydrogen) atoms. The number of hydrogen-bond donors (Lipinski definition) is 4. The second kappa shape index (κ2) is 8.22. The van der Waals surface area contributed by atoms with Crippen LogP contribution in [0.4, 0.5) is 22.0 Å². The Balaban J connectivity index is 1.34. The molecule has 7 heteroatoms. The zero-order valence-corrected chi connectivity index (χ0v) is 15.1. The van der Waals surface area contributed by atoms with Crippen molar-refractivity contribution in [2.45, 2.75) is 6.42 Å². The van der Waals surface area contributed by atoms with Gasteiger partial charge in [-0.1, -0.05) is 30.3 Å². The van der Waals surface area contributed by atoms with Gasteiger partial charge < -0.3 is 20.9 Å². The standard InChI is InChI=1S/C21H20N6O/c28-21(27-16-6-2-1-3-7-16)23-11-9-15-5-4-8-17(13-15)26-20-18-10-12-22-19(18)24-14-25-20/h1-8,10,12-14H,9,11H2,(H2,23,27,28)(H2,22,24,25,26). The largest absolute Gasteiger partial charge is 0.346 e. The molecule has 0 aliphatic carbocycles. The highest BCUT2D eigenvalue weighted by atomic mass is 16.2. The van der Waals surface area contributed by atoms with E-state index in [4.69, 9.17) is 0 Å². The second-order valence-electron chi connectivity index (χ2n) is 6.28. The molecule has 140 valence electrons. The molecule has 4 rings (SSSR count). The summed E-state index contributed by atoms with van der Waals surface area (Å²) in [6, 6.07) is 19.2. The van der Waals surface area contributed by atoms with Gasteiger partial charge in [0.15, 0.2) is 0 Å². The number of para-hydroxylation sites is 1. The Bertz CT molecular complexity index is 1080. The fraction of sp³-hybridized carbons (Fsp3) is 0.0952. The second-order valence-corrected chi connectivity index (χ2v) is 6.28. The smallest absolute Gasteiger partial charge is 0.319 e. The number of hydrogen-bond acceptors (Lipinski definition) is 4. The SMILES string of the molecule is O=C(NCCc1cccc(Nc2ncnc3[nH]ccc23)c1)Nc1ccccc1. The lowest BCUT2D eigenvalue weighted by molar-refractivity contribution is 0.252. The quantitative estimate of drug-likeness (QED) is 0.410. The van der Waals surface area contributed by atoms with Gasteiger partial charge >= 0.3 is 6.03 Å². The van der Waals surface area contributed by atoms with Crippen molar-refractivity contribution in [2.75, 3.05) is 17.2 Å². The van der Waals surface area contributed by atoms with Gasteiger partial charge in [-0.25, -0.2) is 14.8 Å². The van der Waals surface area contributed by atoms with Crippen molar-refractivity contribution >= 4 is 34.3 Å². The number of carbonyl (C=O) groups is 1. The van der Waals surface area contributed by atoms with E-state index in [1.165, 1.54) is 6.33 Å². The van der Waals surface area contributed by atoms with Gasteiger partial charge in [0.1, 0.15) is 17.8 Å². The molecule has 0 radical (unpaired) electrons. The number of aromatic amines is 1. The van der Waals surface area contributed by atoms with Gasteiger partial charge in [0, 0.05) is 24.1 Å². The van der Waals surface area contributed by atoms with E-state index >= 15 is 0 Å². The van der Waals surface area contributed by atoms with Crippen LogP contribution >= 0.6 is 0 Å². The van der Waals surface area contributed by atoms with E-state index in [1.54, 1.807) is 0 Å². The fourth-order valence-electron chi connectivity index (χ4n) is 2.93. The molecule has 0 fully saturated rings. The third-order valence-corrected chi connectivity index (χ3v) is 4.27. The molecule has 0 atom stereocenters. The Morgan fingerprint density at radius 2 is 1.82 bits per heavy atom. The molecule has 4 aromatic rings. The zero-order valence-electron chi connectivity index (χ0n) is 15.1. The molecular weight excluding hydrogens is 352 g/mol. The van der Waals surface area contributed by atoms with Gasteiger partial charge in [-0.3, -0.25) is 0 Å². The fourth-order valence-corrected chi connectivity index (χ4v) is 2.93. The summed E-state index contributed by atoms with van der Waals surface area (Å²) in [5.41, 5.74) is 3.62. The molecule has 0 unspecified atom stereocenters. The van der Waals surface area contributed by atoms with Crippen LogP contribution in [-0.4, -0.2) is 27.5 Å². The van der Waals surface area contributed by atoms with E-state index in [0.29, 0.717) is 6.54 Å². The minimum absolute atomic E-state index is 0.212. The number of aromatic nitrogens is 3. The number of carbonyl (C=O) groups excluding carboxylic acids is 1. The lowest BCUT2D eigenvalue weighted by atomic mass is 10.1. The monoisotopic (exact) mass is 372 g/mol. The van der Waals surface area contributed by atoms with Crippen LogP contribution < -0.4 is 16.0 Å². The average Bonchev–Trinajstić information content (AvgIpc) is 3.19. The molecule has 0 spiro atoms. The van der Waals surface area contributed by atoms with Crippen molar-refractivity contribution in [3.05, 3.63) is 78.8 Å². The molecule has 0 saturated heterocycles. The van der Waals surface area contributed by atoms with Crippen LogP contribution in [0.5, 0.6) is 0 Å². The summed E-state index contributed by atoms with van der Waals surface area (Å²) in [6.07, 6.45) is 4.09. The molecule has 2 aromatic carbocycles. The van der Waals surface area contributed by atoms with Gasteiger partial charge in [0.05, 0.1) is 5.39 Å². The first-order valence-electron chi connectivity index (χ1n) is 9.02. The first kappa shape index (κ1) is 17.5. The van der Waals surface area contributed by atoms with E-state index in [1.807, 2.05) is 60.8 Å². The van der Waals surface area contributed by atoms with Gasteiger partial charge in [-0.05, 0) is 42.3 Å². The van der Waals surface area contributed by atoms with Gasteiger partial charge in [0.25, 0.3) is 0 Å². The number of nitrogens with one attached hydrogen (secondary N) is 4. The molecule has 0 aliphatic rings. The number of H-pyrrole nitrogens is 1. The van der Waals surface area contributed by atoms with Crippen LogP contribution in [0.15, 0.2) is 73.2 Å². The summed E-state index contributed by atoms with van der Waals surface area (Å²) in [4.78, 5) is 23.6. The van der Waals surface area contributed by atoms with Crippen LogP contribution in [0.25, 0.3) is 11.0 Å². The van der Waals surface area contributed by atoms with Crippen molar-refractivity contribution in [3.63, 3.8) is 0 Å². The summed E-state index contributed by atoms with van der Waals surface area (Å²) in [5, 5.41) is 9.95. The Morgan fingerprint density at radius 1 is 0.964 bits per heavy atom. The molecule has 2 aromatic heterocycles. The summed E-state index contributed by atoms with van der Waals surface area (Å²) >= 11 is 0.